The molecule has 17 heavy (non-hydrogen) atoms. The van der Waals surface area contributed by atoms with Crippen LogP contribution in [-0.2, 0) is 4.79 Å². The van der Waals surface area contributed by atoms with Crippen molar-refractivity contribution in [2.75, 3.05) is 7.05 Å². The fourth-order valence-electron chi connectivity index (χ4n) is 2.83. The number of likely N-dealkylation sites (N-methyl/N-ethyl adjacent to an activating group) is 1. The van der Waals surface area contributed by atoms with Gasteiger partial charge in [0.2, 0.25) is 5.91 Å². The van der Waals surface area contributed by atoms with Gasteiger partial charge in [-0.2, -0.15) is 0 Å². The maximum absolute atomic E-state index is 11.7. The Morgan fingerprint density at radius 3 is 2.53 bits per heavy atom. The summed E-state index contributed by atoms with van der Waals surface area (Å²) < 4.78 is 0. The zero-order valence-corrected chi connectivity index (χ0v) is 11.0. The summed E-state index contributed by atoms with van der Waals surface area (Å²) >= 11 is 0. The number of amides is 1. The van der Waals surface area contributed by atoms with E-state index in [-0.39, 0.29) is 5.91 Å². The molecule has 0 heterocycles. The Balaban J connectivity index is 1.93. The molecule has 2 fully saturated rings. The molecule has 0 spiro atoms. The van der Waals surface area contributed by atoms with E-state index in [2.05, 4.69) is 17.3 Å². The van der Waals surface area contributed by atoms with Crippen molar-refractivity contribution in [1.29, 1.82) is 0 Å². The van der Waals surface area contributed by atoms with Gasteiger partial charge in [0.25, 0.3) is 0 Å². The monoisotopic (exact) mass is 239 g/mol. The topological polar surface area (TPSA) is 58.4 Å². The average molecular weight is 239 g/mol. The Morgan fingerprint density at radius 2 is 1.94 bits per heavy atom. The molecule has 0 aromatic carbocycles. The molecule has 0 unspecified atom stereocenters. The van der Waals surface area contributed by atoms with Gasteiger partial charge in [-0.25, -0.2) is 0 Å². The van der Waals surface area contributed by atoms with Crippen LogP contribution in [0.5, 0.6) is 0 Å². The first-order chi connectivity index (χ1) is 8.09. The summed E-state index contributed by atoms with van der Waals surface area (Å²) in [6.07, 6.45) is 7.45. The predicted molar refractivity (Wildman–Crippen MR) is 68.6 cm³/mol. The predicted octanol–water partition coefficient (Wildman–Crippen LogP) is 0.855. The average Bonchev–Trinajstić information content (AvgIpc) is 3.12. The number of nitrogens with one attached hydrogen (secondary N) is 1. The van der Waals surface area contributed by atoms with Crippen LogP contribution < -0.4 is 11.1 Å². The Labute approximate surface area is 104 Å². The lowest BCUT2D eigenvalue weighted by atomic mass is 9.89. The molecule has 3 N–H and O–H groups in total. The number of carbonyl (C=O) groups is 1. The van der Waals surface area contributed by atoms with Gasteiger partial charge in [-0.3, -0.25) is 9.69 Å². The smallest absolute Gasteiger partial charge is 0.236 e. The molecule has 4 nitrogen and oxygen atoms in total. The number of rotatable bonds is 4. The van der Waals surface area contributed by atoms with E-state index in [1.54, 1.807) is 6.92 Å². The zero-order chi connectivity index (χ0) is 12.4. The van der Waals surface area contributed by atoms with Crippen molar-refractivity contribution in [3.63, 3.8) is 0 Å². The third-order valence-electron chi connectivity index (χ3n) is 4.12. The van der Waals surface area contributed by atoms with E-state index in [9.17, 15) is 4.79 Å². The van der Waals surface area contributed by atoms with E-state index < -0.39 is 6.04 Å². The lowest BCUT2D eigenvalue weighted by molar-refractivity contribution is -0.123. The molecule has 2 aliphatic rings. The molecular weight excluding hydrogens is 214 g/mol. The van der Waals surface area contributed by atoms with Crippen molar-refractivity contribution in [3.8, 4) is 0 Å². The minimum atomic E-state index is -0.399. The maximum Gasteiger partial charge on any atom is 0.236 e. The standard InChI is InChI=1S/C13H25N3O/c1-9(14)13(17)15-11-5-3-4-6-12(11)16(2)10-7-8-10/h9-12H,3-8,14H2,1-2H3,(H,15,17)/t9-,11-,12+/m0/s1. The lowest BCUT2D eigenvalue weighted by Crippen LogP contribution is -2.55. The highest BCUT2D eigenvalue weighted by molar-refractivity contribution is 5.81. The van der Waals surface area contributed by atoms with Crippen molar-refractivity contribution in [3.05, 3.63) is 0 Å². The van der Waals surface area contributed by atoms with Gasteiger partial charge in [-0.05, 0) is 39.7 Å². The summed E-state index contributed by atoms with van der Waals surface area (Å²) in [5.41, 5.74) is 5.62. The molecule has 0 aliphatic heterocycles. The van der Waals surface area contributed by atoms with Crippen molar-refractivity contribution < 1.29 is 4.79 Å². The summed E-state index contributed by atoms with van der Waals surface area (Å²) in [4.78, 5) is 14.2. The SMILES string of the molecule is C[C@H](N)C(=O)N[C@H]1CCCC[C@H]1N(C)C1CC1. The summed E-state index contributed by atoms with van der Waals surface area (Å²) in [5, 5.41) is 3.13. The summed E-state index contributed by atoms with van der Waals surface area (Å²) in [6.45, 7) is 1.75. The van der Waals surface area contributed by atoms with Crippen LogP contribution in [0.1, 0.15) is 45.4 Å². The van der Waals surface area contributed by atoms with Crippen LogP contribution in [-0.4, -0.2) is 42.0 Å². The van der Waals surface area contributed by atoms with Gasteiger partial charge in [0, 0.05) is 18.1 Å². The minimum Gasteiger partial charge on any atom is -0.350 e. The molecule has 2 saturated carbocycles. The fourth-order valence-corrected chi connectivity index (χ4v) is 2.83. The Kier molecular flexibility index (Phi) is 4.05. The number of hydrogen-bond donors (Lipinski definition) is 2. The number of nitrogens with two attached hydrogens (primary N) is 1. The zero-order valence-electron chi connectivity index (χ0n) is 11.0. The molecule has 2 rings (SSSR count). The van der Waals surface area contributed by atoms with Gasteiger partial charge < -0.3 is 11.1 Å². The molecule has 98 valence electrons. The molecule has 1 amide bonds. The van der Waals surface area contributed by atoms with Gasteiger partial charge in [-0.15, -0.1) is 0 Å². The van der Waals surface area contributed by atoms with E-state index in [0.29, 0.717) is 12.1 Å². The number of hydrogen-bond acceptors (Lipinski definition) is 3. The summed E-state index contributed by atoms with van der Waals surface area (Å²) in [6, 6.07) is 1.17. The lowest BCUT2D eigenvalue weighted by Gasteiger charge is -2.38. The van der Waals surface area contributed by atoms with Gasteiger partial charge in [0.1, 0.15) is 0 Å². The quantitative estimate of drug-likeness (QED) is 0.765. The normalized spacial score (nSPS) is 31.3. The highest BCUT2D eigenvalue weighted by atomic mass is 16.2. The van der Waals surface area contributed by atoms with Crippen LogP contribution in [0.3, 0.4) is 0 Å². The van der Waals surface area contributed by atoms with Gasteiger partial charge >= 0.3 is 0 Å². The second-order valence-electron chi connectivity index (χ2n) is 5.65. The number of nitrogens with zero attached hydrogens (tertiary/aromatic N) is 1. The highest BCUT2D eigenvalue weighted by Gasteiger charge is 2.36. The van der Waals surface area contributed by atoms with E-state index in [1.807, 2.05) is 0 Å². The minimum absolute atomic E-state index is 0.00824. The molecular formula is C13H25N3O. The first-order valence-corrected chi connectivity index (χ1v) is 6.87. The van der Waals surface area contributed by atoms with E-state index in [1.165, 1.54) is 32.1 Å². The molecule has 0 aromatic rings. The maximum atomic E-state index is 11.7. The van der Waals surface area contributed by atoms with Crippen molar-refractivity contribution >= 4 is 5.91 Å². The highest BCUT2D eigenvalue weighted by Crippen LogP contribution is 2.32. The Bertz CT molecular complexity index is 276. The van der Waals surface area contributed by atoms with Gasteiger partial charge in [0.05, 0.1) is 6.04 Å². The second-order valence-corrected chi connectivity index (χ2v) is 5.65. The first-order valence-electron chi connectivity index (χ1n) is 6.87. The van der Waals surface area contributed by atoms with E-state index in [0.717, 1.165) is 12.5 Å². The molecule has 0 aromatic heterocycles. The van der Waals surface area contributed by atoms with Gasteiger partial charge in [-0.1, -0.05) is 12.8 Å². The largest absolute Gasteiger partial charge is 0.350 e. The van der Waals surface area contributed by atoms with Crippen molar-refractivity contribution in [1.82, 2.24) is 10.2 Å². The second kappa shape index (κ2) is 5.36. The van der Waals surface area contributed by atoms with Crippen LogP contribution in [0.4, 0.5) is 0 Å². The molecule has 2 aliphatic carbocycles. The Morgan fingerprint density at radius 1 is 1.29 bits per heavy atom. The van der Waals surface area contributed by atoms with Crippen LogP contribution in [0.2, 0.25) is 0 Å². The molecule has 4 heteroatoms. The van der Waals surface area contributed by atoms with Crippen LogP contribution in [0.25, 0.3) is 0 Å². The third kappa shape index (κ3) is 3.19. The van der Waals surface area contributed by atoms with E-state index >= 15 is 0 Å². The molecule has 0 bridgehead atoms. The van der Waals surface area contributed by atoms with E-state index in [4.69, 9.17) is 5.73 Å². The number of carbonyl (C=O) groups excluding carboxylic acids is 1. The Hall–Kier alpha value is -0.610. The molecule has 0 saturated heterocycles. The van der Waals surface area contributed by atoms with Gasteiger partial charge in [0.15, 0.2) is 0 Å². The molecule has 0 radical (unpaired) electrons. The van der Waals surface area contributed by atoms with Crippen molar-refractivity contribution in [2.24, 2.45) is 5.73 Å². The summed E-state index contributed by atoms with van der Waals surface area (Å²) in [5.74, 6) is -0.00824. The van der Waals surface area contributed by atoms with Crippen molar-refractivity contribution in [2.45, 2.75) is 69.6 Å². The summed E-state index contributed by atoms with van der Waals surface area (Å²) in [7, 11) is 2.21. The van der Waals surface area contributed by atoms with Crippen LogP contribution >= 0.6 is 0 Å². The fraction of sp³-hybridized carbons (Fsp3) is 0.923. The van der Waals surface area contributed by atoms with Crippen LogP contribution in [0, 0.1) is 0 Å². The third-order valence-corrected chi connectivity index (χ3v) is 4.12. The van der Waals surface area contributed by atoms with Crippen LogP contribution in [0.15, 0.2) is 0 Å². The first kappa shape index (κ1) is 12.8. The molecule has 3 atom stereocenters.